The Bertz CT molecular complexity index is 633. The summed E-state index contributed by atoms with van der Waals surface area (Å²) < 4.78 is 0. The van der Waals surface area contributed by atoms with Gasteiger partial charge in [0.1, 0.15) is 0 Å². The van der Waals surface area contributed by atoms with Gasteiger partial charge in [-0.15, -0.1) is 0 Å². The molecule has 3 heteroatoms. The van der Waals surface area contributed by atoms with Gasteiger partial charge in [0, 0.05) is 11.1 Å². The maximum atomic E-state index is 12.1. The zero-order valence-corrected chi connectivity index (χ0v) is 11.6. The standard InChI is InChI=1S/C17H17NO2/c1-12-8-9-13(2)15(10-12)16(19)11-18-17(20)14-6-4-3-5-7-14/h3-10H,11H2,1-2H3,(H,18,20). The van der Waals surface area contributed by atoms with E-state index >= 15 is 0 Å². The van der Waals surface area contributed by atoms with Gasteiger partial charge in [0.25, 0.3) is 5.91 Å². The molecule has 0 heterocycles. The maximum absolute atomic E-state index is 12.1. The highest BCUT2D eigenvalue weighted by molar-refractivity contribution is 6.03. The smallest absolute Gasteiger partial charge is 0.251 e. The van der Waals surface area contributed by atoms with Crippen LogP contribution >= 0.6 is 0 Å². The van der Waals surface area contributed by atoms with E-state index in [-0.39, 0.29) is 18.2 Å². The highest BCUT2D eigenvalue weighted by Crippen LogP contribution is 2.11. The lowest BCUT2D eigenvalue weighted by Gasteiger charge is -2.08. The molecule has 1 amide bonds. The summed E-state index contributed by atoms with van der Waals surface area (Å²) in [7, 11) is 0. The third kappa shape index (κ3) is 3.32. The van der Waals surface area contributed by atoms with Crippen LogP contribution < -0.4 is 5.32 Å². The number of benzene rings is 2. The van der Waals surface area contributed by atoms with E-state index < -0.39 is 0 Å². The van der Waals surface area contributed by atoms with Gasteiger partial charge in [-0.1, -0.05) is 35.9 Å². The van der Waals surface area contributed by atoms with Gasteiger partial charge < -0.3 is 5.32 Å². The van der Waals surface area contributed by atoms with Crippen LogP contribution in [0.1, 0.15) is 31.8 Å². The van der Waals surface area contributed by atoms with Crippen LogP contribution in [-0.4, -0.2) is 18.2 Å². The number of carbonyl (C=O) groups is 2. The first-order valence-electron chi connectivity index (χ1n) is 6.51. The number of rotatable bonds is 4. The minimum Gasteiger partial charge on any atom is -0.345 e. The first-order chi connectivity index (χ1) is 9.58. The van der Waals surface area contributed by atoms with Gasteiger partial charge >= 0.3 is 0 Å². The molecule has 0 aliphatic rings. The number of carbonyl (C=O) groups excluding carboxylic acids is 2. The second-order valence-electron chi connectivity index (χ2n) is 4.79. The first kappa shape index (κ1) is 14.0. The third-order valence-corrected chi connectivity index (χ3v) is 3.14. The molecule has 0 aliphatic carbocycles. The van der Waals surface area contributed by atoms with Crippen molar-refractivity contribution in [1.82, 2.24) is 5.32 Å². The molecule has 102 valence electrons. The number of ketones is 1. The molecule has 2 aromatic rings. The van der Waals surface area contributed by atoms with Crippen molar-refractivity contribution in [2.24, 2.45) is 0 Å². The van der Waals surface area contributed by atoms with E-state index in [1.54, 1.807) is 24.3 Å². The maximum Gasteiger partial charge on any atom is 0.251 e. The van der Waals surface area contributed by atoms with E-state index in [2.05, 4.69) is 5.32 Å². The molecular weight excluding hydrogens is 250 g/mol. The topological polar surface area (TPSA) is 46.2 Å². The molecular formula is C17H17NO2. The molecule has 0 radical (unpaired) electrons. The molecule has 0 spiro atoms. The number of hydrogen-bond acceptors (Lipinski definition) is 2. The molecule has 0 bridgehead atoms. The minimum absolute atomic E-state index is 0.0119. The summed E-state index contributed by atoms with van der Waals surface area (Å²) in [5.41, 5.74) is 3.18. The van der Waals surface area contributed by atoms with Crippen LogP contribution in [0.15, 0.2) is 48.5 Å². The zero-order valence-electron chi connectivity index (χ0n) is 11.6. The van der Waals surface area contributed by atoms with Gasteiger partial charge in [-0.05, 0) is 37.6 Å². The molecule has 0 unspecified atom stereocenters. The Balaban J connectivity index is 2.02. The normalized spacial score (nSPS) is 10.1. The van der Waals surface area contributed by atoms with Crippen LogP contribution in [0.4, 0.5) is 0 Å². The quantitative estimate of drug-likeness (QED) is 0.866. The summed E-state index contributed by atoms with van der Waals surface area (Å²) >= 11 is 0. The fraction of sp³-hybridized carbons (Fsp3) is 0.176. The Morgan fingerprint density at radius 1 is 1.00 bits per heavy atom. The van der Waals surface area contributed by atoms with E-state index in [0.29, 0.717) is 11.1 Å². The van der Waals surface area contributed by atoms with Crippen LogP contribution in [0.3, 0.4) is 0 Å². The van der Waals surface area contributed by atoms with Crippen LogP contribution in [0.2, 0.25) is 0 Å². The van der Waals surface area contributed by atoms with Crippen molar-refractivity contribution in [1.29, 1.82) is 0 Å². The molecule has 0 aliphatic heterocycles. The van der Waals surface area contributed by atoms with E-state index in [4.69, 9.17) is 0 Å². The Labute approximate surface area is 118 Å². The van der Waals surface area contributed by atoms with E-state index in [1.165, 1.54) is 0 Å². The summed E-state index contributed by atoms with van der Waals surface area (Å²) in [6, 6.07) is 14.6. The highest BCUT2D eigenvalue weighted by Gasteiger charge is 2.11. The summed E-state index contributed by atoms with van der Waals surface area (Å²) in [6.45, 7) is 3.85. The fourth-order valence-corrected chi connectivity index (χ4v) is 1.98. The van der Waals surface area contributed by atoms with Crippen molar-refractivity contribution in [3.8, 4) is 0 Å². The Kier molecular flexibility index (Phi) is 4.31. The number of aryl methyl sites for hydroxylation is 2. The molecule has 0 aromatic heterocycles. The fourth-order valence-electron chi connectivity index (χ4n) is 1.98. The number of nitrogens with one attached hydrogen (secondary N) is 1. The van der Waals surface area contributed by atoms with Crippen molar-refractivity contribution in [2.75, 3.05) is 6.54 Å². The molecule has 0 fully saturated rings. The summed E-state index contributed by atoms with van der Waals surface area (Å²) in [4.78, 5) is 24.0. The van der Waals surface area contributed by atoms with Gasteiger partial charge in [0.2, 0.25) is 0 Å². The number of Topliss-reactive ketones (excluding diaryl/α,β-unsaturated/α-hetero) is 1. The SMILES string of the molecule is Cc1ccc(C)c(C(=O)CNC(=O)c2ccccc2)c1. The summed E-state index contributed by atoms with van der Waals surface area (Å²) in [5, 5.41) is 2.66. The Morgan fingerprint density at radius 3 is 2.40 bits per heavy atom. The van der Waals surface area contributed by atoms with E-state index in [0.717, 1.165) is 11.1 Å². The molecule has 2 rings (SSSR count). The molecule has 20 heavy (non-hydrogen) atoms. The molecule has 0 saturated carbocycles. The van der Waals surface area contributed by atoms with E-state index in [1.807, 2.05) is 38.1 Å². The average molecular weight is 267 g/mol. The zero-order chi connectivity index (χ0) is 14.5. The minimum atomic E-state index is -0.232. The number of hydrogen-bond donors (Lipinski definition) is 1. The van der Waals surface area contributed by atoms with Crippen molar-refractivity contribution < 1.29 is 9.59 Å². The van der Waals surface area contributed by atoms with Crippen molar-refractivity contribution in [3.63, 3.8) is 0 Å². The summed E-state index contributed by atoms with van der Waals surface area (Å²) in [6.07, 6.45) is 0. The Hall–Kier alpha value is -2.42. The monoisotopic (exact) mass is 267 g/mol. The second-order valence-corrected chi connectivity index (χ2v) is 4.79. The van der Waals surface area contributed by atoms with Crippen LogP contribution in [0.25, 0.3) is 0 Å². The molecule has 0 atom stereocenters. The van der Waals surface area contributed by atoms with Crippen LogP contribution in [0.5, 0.6) is 0 Å². The predicted molar refractivity (Wildman–Crippen MR) is 79.0 cm³/mol. The van der Waals surface area contributed by atoms with Crippen molar-refractivity contribution >= 4 is 11.7 Å². The summed E-state index contributed by atoms with van der Waals surface area (Å²) in [5.74, 6) is -0.306. The van der Waals surface area contributed by atoms with Gasteiger partial charge in [0.15, 0.2) is 5.78 Å². The van der Waals surface area contributed by atoms with Gasteiger partial charge in [-0.2, -0.15) is 0 Å². The molecule has 3 nitrogen and oxygen atoms in total. The molecule has 1 N–H and O–H groups in total. The van der Waals surface area contributed by atoms with Gasteiger partial charge in [-0.25, -0.2) is 0 Å². The molecule has 0 saturated heterocycles. The van der Waals surface area contributed by atoms with Gasteiger partial charge in [-0.3, -0.25) is 9.59 Å². The number of amides is 1. The largest absolute Gasteiger partial charge is 0.345 e. The lowest BCUT2D eigenvalue weighted by molar-refractivity contribution is 0.0904. The second kappa shape index (κ2) is 6.15. The third-order valence-electron chi connectivity index (χ3n) is 3.14. The van der Waals surface area contributed by atoms with Gasteiger partial charge in [0.05, 0.1) is 6.54 Å². The first-order valence-corrected chi connectivity index (χ1v) is 6.51. The molecule has 2 aromatic carbocycles. The van der Waals surface area contributed by atoms with Crippen LogP contribution in [0, 0.1) is 13.8 Å². The average Bonchev–Trinajstić information content (AvgIpc) is 2.47. The van der Waals surface area contributed by atoms with Crippen molar-refractivity contribution in [2.45, 2.75) is 13.8 Å². The lowest BCUT2D eigenvalue weighted by Crippen LogP contribution is -2.29. The predicted octanol–water partition coefficient (Wildman–Crippen LogP) is 2.92. The van der Waals surface area contributed by atoms with Crippen LogP contribution in [-0.2, 0) is 0 Å². The highest BCUT2D eigenvalue weighted by atomic mass is 16.2. The van der Waals surface area contributed by atoms with Crippen molar-refractivity contribution in [3.05, 3.63) is 70.8 Å². The Morgan fingerprint density at radius 2 is 1.70 bits per heavy atom. The lowest BCUT2D eigenvalue weighted by atomic mass is 10.0. The van der Waals surface area contributed by atoms with E-state index in [9.17, 15) is 9.59 Å².